The average molecular weight is 263 g/mol. The lowest BCUT2D eigenvalue weighted by atomic mass is 10.0. The van der Waals surface area contributed by atoms with Gasteiger partial charge in [0, 0.05) is 29.4 Å². The van der Waals surface area contributed by atoms with Gasteiger partial charge in [-0.1, -0.05) is 0 Å². The van der Waals surface area contributed by atoms with E-state index in [0.29, 0.717) is 0 Å². The van der Waals surface area contributed by atoms with Gasteiger partial charge in [-0.25, -0.2) is 9.37 Å². The van der Waals surface area contributed by atoms with E-state index < -0.39 is 0 Å². The molecular weight excluding hydrogens is 249 g/mol. The molecule has 0 saturated carbocycles. The maximum Gasteiger partial charge on any atom is 0.123 e. The molecule has 0 bridgehead atoms. The summed E-state index contributed by atoms with van der Waals surface area (Å²) >= 11 is 1.80. The Morgan fingerprint density at radius 2 is 2.44 bits per heavy atom. The number of nitrogens with one attached hydrogen (secondary N) is 2. The third kappa shape index (κ3) is 2.42. The Morgan fingerprint density at radius 1 is 1.50 bits per heavy atom. The standard InChI is InChI=1S/C13H14FN3S/c14-9-1-2-13-11(5-9)12(3-4-18-13)16-7-10-6-15-8-17-10/h1-2,5-6,8,12,16H,3-4,7H2,(H,15,17). The molecule has 0 fully saturated rings. The zero-order valence-electron chi connectivity index (χ0n) is 9.82. The maximum atomic E-state index is 13.3. The molecule has 5 heteroatoms. The summed E-state index contributed by atoms with van der Waals surface area (Å²) in [7, 11) is 0. The van der Waals surface area contributed by atoms with E-state index in [1.54, 1.807) is 30.4 Å². The smallest absolute Gasteiger partial charge is 0.123 e. The molecule has 0 saturated heterocycles. The van der Waals surface area contributed by atoms with E-state index >= 15 is 0 Å². The lowest BCUT2D eigenvalue weighted by molar-refractivity contribution is 0.501. The van der Waals surface area contributed by atoms with Crippen LogP contribution < -0.4 is 5.32 Å². The highest BCUT2D eigenvalue weighted by Gasteiger charge is 2.20. The van der Waals surface area contributed by atoms with Gasteiger partial charge in [-0.15, -0.1) is 11.8 Å². The molecule has 0 aliphatic carbocycles. The lowest BCUT2D eigenvalue weighted by Gasteiger charge is -2.25. The van der Waals surface area contributed by atoms with E-state index in [1.807, 2.05) is 6.07 Å². The molecule has 2 aromatic rings. The number of nitrogens with zero attached hydrogens (tertiary/aromatic N) is 1. The number of benzene rings is 1. The van der Waals surface area contributed by atoms with Gasteiger partial charge in [0.05, 0.1) is 6.33 Å². The monoisotopic (exact) mass is 263 g/mol. The van der Waals surface area contributed by atoms with Crippen molar-refractivity contribution < 1.29 is 4.39 Å². The molecule has 3 nitrogen and oxygen atoms in total. The maximum absolute atomic E-state index is 13.3. The normalized spacial score (nSPS) is 18.6. The minimum Gasteiger partial charge on any atom is -0.347 e. The van der Waals surface area contributed by atoms with Gasteiger partial charge >= 0.3 is 0 Å². The lowest BCUT2D eigenvalue weighted by Crippen LogP contribution is -2.24. The number of halogens is 1. The minimum atomic E-state index is -0.162. The van der Waals surface area contributed by atoms with Crippen LogP contribution in [0.4, 0.5) is 4.39 Å². The minimum absolute atomic E-state index is 0.162. The molecule has 1 aliphatic rings. The Morgan fingerprint density at radius 3 is 3.28 bits per heavy atom. The highest BCUT2D eigenvalue weighted by atomic mass is 32.2. The van der Waals surface area contributed by atoms with Crippen molar-refractivity contribution in [2.24, 2.45) is 0 Å². The first-order chi connectivity index (χ1) is 8.83. The number of hydrogen-bond donors (Lipinski definition) is 2. The fourth-order valence-corrected chi connectivity index (χ4v) is 3.30. The van der Waals surface area contributed by atoms with E-state index in [4.69, 9.17) is 0 Å². The van der Waals surface area contributed by atoms with E-state index in [2.05, 4.69) is 15.3 Å². The number of aromatic nitrogens is 2. The molecule has 1 aromatic heterocycles. The summed E-state index contributed by atoms with van der Waals surface area (Å²) in [6.07, 6.45) is 4.49. The van der Waals surface area contributed by atoms with E-state index in [1.165, 1.54) is 11.0 Å². The van der Waals surface area contributed by atoms with Crippen molar-refractivity contribution in [2.45, 2.75) is 23.9 Å². The Balaban J connectivity index is 1.76. The third-order valence-electron chi connectivity index (χ3n) is 3.11. The van der Waals surface area contributed by atoms with Gasteiger partial charge in [0.15, 0.2) is 0 Å². The van der Waals surface area contributed by atoms with Crippen LogP contribution in [0.5, 0.6) is 0 Å². The SMILES string of the molecule is Fc1ccc2c(c1)C(NCc1cnc[nH]1)CCS2. The second kappa shape index (κ2) is 5.12. The molecule has 2 heterocycles. The van der Waals surface area contributed by atoms with Crippen molar-refractivity contribution in [3.05, 3.63) is 47.8 Å². The van der Waals surface area contributed by atoms with E-state index in [0.717, 1.165) is 30.0 Å². The van der Waals surface area contributed by atoms with Crippen LogP contribution in [0.1, 0.15) is 23.7 Å². The Hall–Kier alpha value is -1.33. The first-order valence-corrected chi connectivity index (χ1v) is 6.94. The molecule has 2 N–H and O–H groups in total. The first-order valence-electron chi connectivity index (χ1n) is 5.96. The van der Waals surface area contributed by atoms with Crippen LogP contribution in [0.15, 0.2) is 35.6 Å². The summed E-state index contributed by atoms with van der Waals surface area (Å²) in [5.74, 6) is 0.906. The number of fused-ring (bicyclic) bond motifs is 1. The van der Waals surface area contributed by atoms with Crippen LogP contribution in [0.3, 0.4) is 0 Å². The molecule has 0 amide bonds. The zero-order chi connectivity index (χ0) is 12.4. The summed E-state index contributed by atoms with van der Waals surface area (Å²) in [6, 6.07) is 5.27. The van der Waals surface area contributed by atoms with Crippen LogP contribution >= 0.6 is 11.8 Å². The predicted molar refractivity (Wildman–Crippen MR) is 69.9 cm³/mol. The zero-order valence-corrected chi connectivity index (χ0v) is 10.6. The van der Waals surface area contributed by atoms with Gasteiger partial charge in [-0.3, -0.25) is 0 Å². The number of thioether (sulfide) groups is 1. The van der Waals surface area contributed by atoms with E-state index in [9.17, 15) is 4.39 Å². The number of hydrogen-bond acceptors (Lipinski definition) is 3. The quantitative estimate of drug-likeness (QED) is 0.894. The van der Waals surface area contributed by atoms with Crippen LogP contribution in [-0.4, -0.2) is 15.7 Å². The van der Waals surface area contributed by atoms with Crippen molar-refractivity contribution >= 4 is 11.8 Å². The molecular formula is C13H14FN3S. The summed E-state index contributed by atoms with van der Waals surface area (Å²) in [5, 5.41) is 3.46. The van der Waals surface area contributed by atoms with Crippen molar-refractivity contribution in [1.82, 2.24) is 15.3 Å². The van der Waals surface area contributed by atoms with Crippen LogP contribution in [-0.2, 0) is 6.54 Å². The van der Waals surface area contributed by atoms with Crippen molar-refractivity contribution in [3.63, 3.8) is 0 Å². The third-order valence-corrected chi connectivity index (χ3v) is 4.23. The number of rotatable bonds is 3. The summed E-state index contributed by atoms with van der Waals surface area (Å²) in [6.45, 7) is 0.727. The molecule has 94 valence electrons. The topological polar surface area (TPSA) is 40.7 Å². The summed E-state index contributed by atoms with van der Waals surface area (Å²) < 4.78 is 13.3. The van der Waals surface area contributed by atoms with Gasteiger partial charge in [0.25, 0.3) is 0 Å². The average Bonchev–Trinajstić information content (AvgIpc) is 2.89. The fraction of sp³-hybridized carbons (Fsp3) is 0.308. The molecule has 1 atom stereocenters. The van der Waals surface area contributed by atoms with E-state index in [-0.39, 0.29) is 11.9 Å². The van der Waals surface area contributed by atoms with Gasteiger partial charge < -0.3 is 10.3 Å². The summed E-state index contributed by atoms with van der Waals surface area (Å²) in [4.78, 5) is 8.23. The van der Waals surface area contributed by atoms with Crippen molar-refractivity contribution in [3.8, 4) is 0 Å². The molecule has 1 aromatic carbocycles. The Kier molecular flexibility index (Phi) is 3.34. The Labute approximate surface area is 109 Å². The Bertz CT molecular complexity index is 527. The summed E-state index contributed by atoms with van der Waals surface area (Å²) in [5.41, 5.74) is 2.12. The molecule has 0 spiro atoms. The molecule has 1 aliphatic heterocycles. The van der Waals surface area contributed by atoms with Gasteiger partial charge in [0.1, 0.15) is 5.82 Å². The molecule has 3 rings (SSSR count). The second-order valence-electron chi connectivity index (χ2n) is 4.33. The highest BCUT2D eigenvalue weighted by Crippen LogP contribution is 2.36. The van der Waals surface area contributed by atoms with Gasteiger partial charge in [0.2, 0.25) is 0 Å². The van der Waals surface area contributed by atoms with Crippen LogP contribution in [0, 0.1) is 5.82 Å². The first kappa shape index (κ1) is 11.7. The number of imidazole rings is 1. The number of aromatic amines is 1. The van der Waals surface area contributed by atoms with Crippen molar-refractivity contribution in [2.75, 3.05) is 5.75 Å². The predicted octanol–water partition coefficient (Wildman–Crippen LogP) is 2.88. The van der Waals surface area contributed by atoms with Gasteiger partial charge in [-0.2, -0.15) is 0 Å². The fourth-order valence-electron chi connectivity index (χ4n) is 2.19. The largest absolute Gasteiger partial charge is 0.347 e. The number of H-pyrrole nitrogens is 1. The van der Waals surface area contributed by atoms with Crippen LogP contribution in [0.25, 0.3) is 0 Å². The molecule has 18 heavy (non-hydrogen) atoms. The van der Waals surface area contributed by atoms with Crippen LogP contribution in [0.2, 0.25) is 0 Å². The molecule has 0 radical (unpaired) electrons. The molecule has 1 unspecified atom stereocenters. The highest BCUT2D eigenvalue weighted by molar-refractivity contribution is 7.99. The van der Waals surface area contributed by atoms with Crippen molar-refractivity contribution in [1.29, 1.82) is 0 Å². The van der Waals surface area contributed by atoms with Gasteiger partial charge in [-0.05, 0) is 35.9 Å². The second-order valence-corrected chi connectivity index (χ2v) is 5.47.